The molecule has 0 fully saturated rings. The Bertz CT molecular complexity index is 381. The minimum absolute atomic E-state index is 0.293. The number of nitrogens with one attached hydrogen (secondary N) is 1. The molecule has 0 radical (unpaired) electrons. The quantitative estimate of drug-likeness (QED) is 0.896. The van der Waals surface area contributed by atoms with Gasteiger partial charge in [-0.1, -0.05) is 28.1 Å². The number of aryl methyl sites for hydroxylation is 1. The minimum atomic E-state index is -4.57. The van der Waals surface area contributed by atoms with E-state index in [1.807, 2.05) is 25.1 Å². The molecule has 0 saturated carbocycles. The van der Waals surface area contributed by atoms with Crippen LogP contribution in [0.15, 0.2) is 22.7 Å². The summed E-state index contributed by atoms with van der Waals surface area (Å²) in [5.74, 6) is 0. The molecule has 2 N–H and O–H groups in total. The van der Waals surface area contributed by atoms with Crippen LogP contribution < -0.4 is 5.32 Å². The summed E-state index contributed by atoms with van der Waals surface area (Å²) in [7, 11) is 0. The summed E-state index contributed by atoms with van der Waals surface area (Å²) in [6.45, 7) is 1.69. The first-order chi connectivity index (χ1) is 7.80. The second-order valence-corrected chi connectivity index (χ2v) is 4.63. The van der Waals surface area contributed by atoms with Crippen molar-refractivity contribution in [3.05, 3.63) is 33.8 Å². The summed E-state index contributed by atoms with van der Waals surface area (Å²) in [4.78, 5) is 0. The zero-order valence-corrected chi connectivity index (χ0v) is 10.8. The molecule has 6 heteroatoms. The van der Waals surface area contributed by atoms with Crippen molar-refractivity contribution < 1.29 is 18.3 Å². The molecule has 96 valence electrons. The second kappa shape index (κ2) is 5.84. The highest BCUT2D eigenvalue weighted by Gasteiger charge is 2.37. The lowest BCUT2D eigenvalue weighted by Gasteiger charge is -2.15. The zero-order chi connectivity index (χ0) is 13.1. The molecule has 0 heterocycles. The van der Waals surface area contributed by atoms with Gasteiger partial charge in [-0.15, -0.1) is 0 Å². The van der Waals surface area contributed by atoms with Crippen molar-refractivity contribution in [2.75, 3.05) is 6.54 Å². The van der Waals surface area contributed by atoms with E-state index < -0.39 is 18.8 Å². The van der Waals surface area contributed by atoms with Crippen LogP contribution in [-0.4, -0.2) is 23.9 Å². The van der Waals surface area contributed by atoms with Gasteiger partial charge in [0.25, 0.3) is 0 Å². The standard InChI is InChI=1S/C11H13BrF3NO/c1-7-4-8(2-3-9(7)12)5-16-6-10(17)11(13,14)15/h2-4,10,16-17H,5-6H2,1H3. The Labute approximate surface area is 106 Å². The average Bonchev–Trinajstić information content (AvgIpc) is 2.22. The van der Waals surface area contributed by atoms with Gasteiger partial charge in [-0.25, -0.2) is 0 Å². The number of halogens is 4. The van der Waals surface area contributed by atoms with Crippen LogP contribution >= 0.6 is 15.9 Å². The van der Waals surface area contributed by atoms with E-state index in [2.05, 4.69) is 21.2 Å². The van der Waals surface area contributed by atoms with Crippen LogP contribution in [0.2, 0.25) is 0 Å². The van der Waals surface area contributed by atoms with E-state index >= 15 is 0 Å². The highest BCUT2D eigenvalue weighted by Crippen LogP contribution is 2.20. The van der Waals surface area contributed by atoms with Gasteiger partial charge < -0.3 is 10.4 Å². The number of hydrogen-bond donors (Lipinski definition) is 2. The van der Waals surface area contributed by atoms with Crippen LogP contribution in [0.1, 0.15) is 11.1 Å². The predicted molar refractivity (Wildman–Crippen MR) is 62.6 cm³/mol. The van der Waals surface area contributed by atoms with Crippen molar-refractivity contribution in [2.45, 2.75) is 25.7 Å². The molecule has 0 aliphatic carbocycles. The topological polar surface area (TPSA) is 32.3 Å². The molecule has 1 rings (SSSR count). The van der Waals surface area contributed by atoms with Gasteiger partial charge in [0, 0.05) is 17.6 Å². The molecule has 2 nitrogen and oxygen atoms in total. The third-order valence-corrected chi connectivity index (χ3v) is 3.16. The first kappa shape index (κ1) is 14.5. The lowest BCUT2D eigenvalue weighted by Crippen LogP contribution is -2.38. The first-order valence-corrected chi connectivity index (χ1v) is 5.80. The fourth-order valence-electron chi connectivity index (χ4n) is 1.29. The molecule has 0 saturated heterocycles. The van der Waals surface area contributed by atoms with Gasteiger partial charge in [0.1, 0.15) is 0 Å². The minimum Gasteiger partial charge on any atom is -0.382 e. The molecule has 0 aliphatic rings. The fourth-order valence-corrected chi connectivity index (χ4v) is 1.53. The van der Waals surface area contributed by atoms with Gasteiger partial charge in [-0.3, -0.25) is 0 Å². The normalized spacial score (nSPS) is 13.8. The van der Waals surface area contributed by atoms with E-state index in [9.17, 15) is 13.2 Å². The van der Waals surface area contributed by atoms with Crippen LogP contribution in [0.25, 0.3) is 0 Å². The van der Waals surface area contributed by atoms with Gasteiger partial charge >= 0.3 is 6.18 Å². The van der Waals surface area contributed by atoms with Crippen LogP contribution in [0, 0.1) is 6.92 Å². The Morgan fingerprint density at radius 1 is 1.41 bits per heavy atom. The summed E-state index contributed by atoms with van der Waals surface area (Å²) in [5, 5.41) is 11.3. The van der Waals surface area contributed by atoms with E-state index in [4.69, 9.17) is 5.11 Å². The fraction of sp³-hybridized carbons (Fsp3) is 0.455. The Morgan fingerprint density at radius 2 is 2.06 bits per heavy atom. The lowest BCUT2D eigenvalue weighted by molar-refractivity contribution is -0.201. The van der Waals surface area contributed by atoms with E-state index in [0.717, 1.165) is 15.6 Å². The largest absolute Gasteiger partial charge is 0.415 e. The number of aliphatic hydroxyl groups is 1. The van der Waals surface area contributed by atoms with Crippen molar-refractivity contribution in [3.63, 3.8) is 0 Å². The molecule has 1 aromatic carbocycles. The molecular weight excluding hydrogens is 299 g/mol. The van der Waals surface area contributed by atoms with Crippen LogP contribution in [0.4, 0.5) is 13.2 Å². The molecule has 0 bridgehead atoms. The molecule has 1 atom stereocenters. The second-order valence-electron chi connectivity index (χ2n) is 3.77. The van der Waals surface area contributed by atoms with Gasteiger partial charge in [0.05, 0.1) is 0 Å². The lowest BCUT2D eigenvalue weighted by atomic mass is 10.1. The Kier molecular flexibility index (Phi) is 4.97. The van der Waals surface area contributed by atoms with Crippen molar-refractivity contribution in [2.24, 2.45) is 0 Å². The zero-order valence-electron chi connectivity index (χ0n) is 9.18. The van der Waals surface area contributed by atoms with Gasteiger partial charge in [0.15, 0.2) is 6.10 Å². The van der Waals surface area contributed by atoms with Crippen molar-refractivity contribution >= 4 is 15.9 Å². The SMILES string of the molecule is Cc1cc(CNCC(O)C(F)(F)F)ccc1Br. The molecule has 0 aromatic heterocycles. The molecule has 1 unspecified atom stereocenters. The number of rotatable bonds is 4. The molecule has 17 heavy (non-hydrogen) atoms. The summed E-state index contributed by atoms with van der Waals surface area (Å²) >= 11 is 3.34. The maximum atomic E-state index is 12.0. The smallest absolute Gasteiger partial charge is 0.382 e. The van der Waals surface area contributed by atoms with E-state index in [-0.39, 0.29) is 0 Å². The monoisotopic (exact) mass is 311 g/mol. The van der Waals surface area contributed by atoms with Crippen LogP contribution in [0.3, 0.4) is 0 Å². The molecule has 0 spiro atoms. The molecular formula is C11H13BrF3NO. The average molecular weight is 312 g/mol. The highest BCUT2D eigenvalue weighted by molar-refractivity contribution is 9.10. The number of aliphatic hydroxyl groups excluding tert-OH is 1. The number of hydrogen-bond acceptors (Lipinski definition) is 2. The van der Waals surface area contributed by atoms with Gasteiger partial charge in [-0.05, 0) is 24.1 Å². The summed E-state index contributed by atoms with van der Waals surface area (Å²) in [5.41, 5.74) is 1.89. The van der Waals surface area contributed by atoms with Crippen LogP contribution in [0.5, 0.6) is 0 Å². The van der Waals surface area contributed by atoms with E-state index in [1.54, 1.807) is 0 Å². The number of alkyl halides is 3. The number of benzene rings is 1. The third kappa shape index (κ3) is 4.65. The van der Waals surface area contributed by atoms with Crippen molar-refractivity contribution in [3.8, 4) is 0 Å². The Balaban J connectivity index is 2.44. The predicted octanol–water partition coefficient (Wildman–Crippen LogP) is 2.77. The highest BCUT2D eigenvalue weighted by atomic mass is 79.9. The van der Waals surface area contributed by atoms with Crippen molar-refractivity contribution in [1.82, 2.24) is 5.32 Å². The molecule has 1 aromatic rings. The van der Waals surface area contributed by atoms with Gasteiger partial charge in [0.2, 0.25) is 0 Å². The maximum absolute atomic E-state index is 12.0. The maximum Gasteiger partial charge on any atom is 0.415 e. The van der Waals surface area contributed by atoms with Crippen molar-refractivity contribution in [1.29, 1.82) is 0 Å². The van der Waals surface area contributed by atoms with Crippen LogP contribution in [-0.2, 0) is 6.54 Å². The van der Waals surface area contributed by atoms with Gasteiger partial charge in [-0.2, -0.15) is 13.2 Å². The van der Waals surface area contributed by atoms with E-state index in [0.29, 0.717) is 6.54 Å². The molecule has 0 amide bonds. The Hall–Kier alpha value is -0.590. The first-order valence-electron chi connectivity index (χ1n) is 5.01. The Morgan fingerprint density at radius 3 is 2.59 bits per heavy atom. The summed E-state index contributed by atoms with van der Waals surface area (Å²) in [6.07, 6.45) is -6.89. The molecule has 0 aliphatic heterocycles. The summed E-state index contributed by atoms with van der Waals surface area (Å²) < 4.78 is 36.9. The summed E-state index contributed by atoms with van der Waals surface area (Å²) in [6, 6.07) is 5.52. The van der Waals surface area contributed by atoms with E-state index in [1.165, 1.54) is 0 Å². The third-order valence-electron chi connectivity index (χ3n) is 2.27.